The van der Waals surface area contributed by atoms with Crippen molar-refractivity contribution in [3.05, 3.63) is 89.0 Å². The zero-order valence-corrected chi connectivity index (χ0v) is 19.0. The summed E-state index contributed by atoms with van der Waals surface area (Å²) < 4.78 is 61.3. The minimum Gasteiger partial charge on any atom is -0.441 e. The molecule has 182 valence electrons. The van der Waals surface area contributed by atoms with Crippen LogP contribution in [0.15, 0.2) is 59.1 Å². The molecule has 2 heterocycles. The number of nitrogens with one attached hydrogen (secondary N) is 1. The number of benzene rings is 2. The Kier molecular flexibility index (Phi) is 6.72. The lowest BCUT2D eigenvalue weighted by Gasteiger charge is -2.16. The number of carbonyl (C=O) groups is 1. The molecule has 0 fully saturated rings. The number of hydrogen-bond acceptors (Lipinski definition) is 4. The van der Waals surface area contributed by atoms with Crippen LogP contribution in [0.5, 0.6) is 0 Å². The SMILES string of the molecule is Cc1cc(C)n(-c2ccc(CNC(=O)CCc3ncc(-c4ccc(F)cc4)o3)c(C(F)(F)F)c2)n1. The van der Waals surface area contributed by atoms with E-state index < -0.39 is 17.6 Å². The lowest BCUT2D eigenvalue weighted by molar-refractivity contribution is -0.138. The van der Waals surface area contributed by atoms with Gasteiger partial charge in [-0.25, -0.2) is 14.1 Å². The van der Waals surface area contributed by atoms with Crippen molar-refractivity contribution in [2.75, 3.05) is 0 Å². The fourth-order valence-corrected chi connectivity index (χ4v) is 3.68. The molecule has 0 spiro atoms. The van der Waals surface area contributed by atoms with Gasteiger partial charge in [0.1, 0.15) is 5.82 Å². The molecule has 1 N–H and O–H groups in total. The summed E-state index contributed by atoms with van der Waals surface area (Å²) in [6.07, 6.45) is -2.98. The fourth-order valence-electron chi connectivity index (χ4n) is 3.68. The molecule has 0 aliphatic carbocycles. The second kappa shape index (κ2) is 9.73. The number of nitrogens with zero attached hydrogens (tertiary/aromatic N) is 3. The smallest absolute Gasteiger partial charge is 0.416 e. The van der Waals surface area contributed by atoms with E-state index in [4.69, 9.17) is 4.42 Å². The third-order valence-corrected chi connectivity index (χ3v) is 5.38. The molecule has 0 saturated carbocycles. The highest BCUT2D eigenvalue weighted by Crippen LogP contribution is 2.33. The average molecular weight is 486 g/mol. The number of halogens is 4. The molecule has 2 aromatic carbocycles. The predicted octanol–water partition coefficient (Wildman–Crippen LogP) is 5.55. The van der Waals surface area contributed by atoms with Crippen LogP contribution in [-0.2, 0) is 23.9 Å². The first kappa shape index (κ1) is 24.2. The summed E-state index contributed by atoms with van der Waals surface area (Å²) >= 11 is 0. The van der Waals surface area contributed by atoms with Crippen LogP contribution in [0, 0.1) is 19.7 Å². The molecule has 1 amide bonds. The maximum absolute atomic E-state index is 13.7. The van der Waals surface area contributed by atoms with Gasteiger partial charge in [-0.3, -0.25) is 4.79 Å². The number of hydrogen-bond donors (Lipinski definition) is 1. The van der Waals surface area contributed by atoms with Gasteiger partial charge in [-0.05, 0) is 61.9 Å². The van der Waals surface area contributed by atoms with Gasteiger partial charge in [0.15, 0.2) is 11.7 Å². The Morgan fingerprint density at radius 1 is 1.09 bits per heavy atom. The van der Waals surface area contributed by atoms with Gasteiger partial charge in [-0.2, -0.15) is 18.3 Å². The molecule has 0 aliphatic rings. The Morgan fingerprint density at radius 2 is 1.83 bits per heavy atom. The summed E-state index contributed by atoms with van der Waals surface area (Å²) in [6.45, 7) is 3.25. The molecular formula is C25H22F4N4O2. The second-order valence-corrected chi connectivity index (χ2v) is 8.08. The van der Waals surface area contributed by atoms with Crippen molar-refractivity contribution in [3.8, 4) is 17.0 Å². The molecule has 0 unspecified atom stereocenters. The summed E-state index contributed by atoms with van der Waals surface area (Å²) in [5.74, 6) is -0.0926. The first-order valence-corrected chi connectivity index (χ1v) is 10.8. The van der Waals surface area contributed by atoms with E-state index in [2.05, 4.69) is 15.4 Å². The summed E-state index contributed by atoms with van der Waals surface area (Å²) in [4.78, 5) is 16.4. The number of amides is 1. The zero-order chi connectivity index (χ0) is 25.2. The maximum Gasteiger partial charge on any atom is 0.416 e. The monoisotopic (exact) mass is 486 g/mol. The highest BCUT2D eigenvalue weighted by molar-refractivity contribution is 5.76. The van der Waals surface area contributed by atoms with E-state index in [9.17, 15) is 22.4 Å². The molecule has 2 aromatic heterocycles. The molecule has 6 nitrogen and oxygen atoms in total. The summed E-state index contributed by atoms with van der Waals surface area (Å²) in [5, 5.41) is 6.76. The standard InChI is InChI=1S/C25H22F4N4O2/c1-15-11-16(2)33(32-15)20-8-5-18(21(12-20)25(27,28)29)13-30-23(34)9-10-24-31-14-22(35-24)17-3-6-19(26)7-4-17/h3-8,11-12,14H,9-10,13H2,1-2H3,(H,30,34). The van der Waals surface area contributed by atoms with Crippen molar-refractivity contribution in [1.29, 1.82) is 0 Å². The third kappa shape index (κ3) is 5.76. The minimum atomic E-state index is -4.60. The van der Waals surface area contributed by atoms with Gasteiger partial charge in [0, 0.05) is 30.6 Å². The lowest BCUT2D eigenvalue weighted by atomic mass is 10.1. The van der Waals surface area contributed by atoms with Gasteiger partial charge >= 0.3 is 6.18 Å². The molecule has 0 saturated heterocycles. The van der Waals surface area contributed by atoms with E-state index in [0.717, 1.165) is 6.07 Å². The zero-order valence-electron chi connectivity index (χ0n) is 19.0. The van der Waals surface area contributed by atoms with Gasteiger partial charge in [-0.15, -0.1) is 0 Å². The molecule has 0 atom stereocenters. The van der Waals surface area contributed by atoms with E-state index in [1.54, 1.807) is 38.1 Å². The molecule has 0 aliphatic heterocycles. The average Bonchev–Trinajstić information content (AvgIpc) is 3.42. The highest BCUT2D eigenvalue weighted by atomic mass is 19.4. The molecule has 0 radical (unpaired) electrons. The fraction of sp³-hybridized carbons (Fsp3) is 0.240. The van der Waals surface area contributed by atoms with Crippen LogP contribution in [0.2, 0.25) is 0 Å². The first-order valence-electron chi connectivity index (χ1n) is 10.8. The number of alkyl halides is 3. The van der Waals surface area contributed by atoms with Crippen molar-refractivity contribution in [3.63, 3.8) is 0 Å². The molecule has 35 heavy (non-hydrogen) atoms. The van der Waals surface area contributed by atoms with Gasteiger partial charge in [0.05, 0.1) is 23.1 Å². The van der Waals surface area contributed by atoms with Crippen LogP contribution in [0.3, 0.4) is 0 Å². The van der Waals surface area contributed by atoms with Crippen LogP contribution in [0.1, 0.15) is 34.8 Å². The van der Waals surface area contributed by atoms with E-state index in [0.29, 0.717) is 34.3 Å². The molecule has 4 rings (SSSR count). The predicted molar refractivity (Wildman–Crippen MR) is 120 cm³/mol. The summed E-state index contributed by atoms with van der Waals surface area (Å²) in [7, 11) is 0. The maximum atomic E-state index is 13.7. The van der Waals surface area contributed by atoms with Crippen LogP contribution < -0.4 is 5.32 Å². The van der Waals surface area contributed by atoms with Crippen molar-refractivity contribution in [2.45, 2.75) is 39.4 Å². The van der Waals surface area contributed by atoms with Crippen LogP contribution >= 0.6 is 0 Å². The van der Waals surface area contributed by atoms with E-state index >= 15 is 0 Å². The Morgan fingerprint density at radius 3 is 2.49 bits per heavy atom. The number of oxazole rings is 1. The highest BCUT2D eigenvalue weighted by Gasteiger charge is 2.34. The Bertz CT molecular complexity index is 1340. The molecule has 0 bridgehead atoms. The minimum absolute atomic E-state index is 0.0193. The molecular weight excluding hydrogens is 464 g/mol. The molecule has 10 heteroatoms. The van der Waals surface area contributed by atoms with Gasteiger partial charge in [0.25, 0.3) is 0 Å². The lowest BCUT2D eigenvalue weighted by Crippen LogP contribution is -2.25. The van der Waals surface area contributed by atoms with Gasteiger partial charge in [0.2, 0.25) is 5.91 Å². The van der Waals surface area contributed by atoms with Crippen molar-refractivity contribution < 1.29 is 26.8 Å². The van der Waals surface area contributed by atoms with Crippen molar-refractivity contribution in [1.82, 2.24) is 20.1 Å². The number of carbonyl (C=O) groups excluding carboxylic acids is 1. The summed E-state index contributed by atoms with van der Waals surface area (Å²) in [6, 6.07) is 11.4. The first-order chi connectivity index (χ1) is 16.6. The van der Waals surface area contributed by atoms with Crippen LogP contribution in [-0.4, -0.2) is 20.7 Å². The Labute approximate surface area is 198 Å². The number of aryl methyl sites for hydroxylation is 3. The van der Waals surface area contributed by atoms with E-state index in [1.165, 1.54) is 29.1 Å². The second-order valence-electron chi connectivity index (χ2n) is 8.08. The summed E-state index contributed by atoms with van der Waals surface area (Å²) in [5.41, 5.74) is 1.46. The van der Waals surface area contributed by atoms with Crippen LogP contribution in [0.4, 0.5) is 17.6 Å². The Balaban J connectivity index is 1.39. The van der Waals surface area contributed by atoms with Gasteiger partial charge < -0.3 is 9.73 Å². The number of aromatic nitrogens is 3. The largest absolute Gasteiger partial charge is 0.441 e. The van der Waals surface area contributed by atoms with Gasteiger partial charge in [-0.1, -0.05) is 6.07 Å². The normalized spacial score (nSPS) is 11.6. The van der Waals surface area contributed by atoms with E-state index in [1.807, 2.05) is 0 Å². The number of rotatable bonds is 7. The quantitative estimate of drug-likeness (QED) is 0.348. The topological polar surface area (TPSA) is 73.0 Å². The van der Waals surface area contributed by atoms with Crippen LogP contribution in [0.25, 0.3) is 17.0 Å². The van der Waals surface area contributed by atoms with Crippen molar-refractivity contribution >= 4 is 5.91 Å². The third-order valence-electron chi connectivity index (χ3n) is 5.38. The Hall–Kier alpha value is -3.95. The van der Waals surface area contributed by atoms with Crippen molar-refractivity contribution in [2.24, 2.45) is 0 Å². The molecule has 4 aromatic rings. The van der Waals surface area contributed by atoms with E-state index in [-0.39, 0.29) is 30.8 Å².